The summed E-state index contributed by atoms with van der Waals surface area (Å²) < 4.78 is 4.11. The third-order valence-electron chi connectivity index (χ3n) is 4.39. The molecule has 0 aliphatic carbocycles. The molecule has 0 bridgehead atoms. The van der Waals surface area contributed by atoms with E-state index in [9.17, 15) is 14.4 Å². The van der Waals surface area contributed by atoms with E-state index in [-0.39, 0.29) is 11.5 Å². The van der Waals surface area contributed by atoms with Crippen molar-refractivity contribution in [1.82, 2.24) is 29.0 Å². The number of carbonyl (C=O) groups is 1. The lowest BCUT2D eigenvalue weighted by Gasteiger charge is -2.07. The fraction of sp³-hybridized carbons (Fsp3) is 0.471. The Morgan fingerprint density at radius 3 is 2.74 bits per heavy atom. The lowest BCUT2D eigenvalue weighted by atomic mass is 10.2. The smallest absolute Gasteiger partial charge is 0.332 e. The summed E-state index contributed by atoms with van der Waals surface area (Å²) in [6, 6.07) is 0. The maximum Gasteiger partial charge on any atom is 0.332 e. The minimum atomic E-state index is -0.410. The van der Waals surface area contributed by atoms with Gasteiger partial charge in [-0.1, -0.05) is 0 Å². The van der Waals surface area contributed by atoms with Crippen LogP contribution >= 0.6 is 11.3 Å². The van der Waals surface area contributed by atoms with E-state index in [2.05, 4.69) is 15.3 Å². The van der Waals surface area contributed by atoms with E-state index < -0.39 is 5.69 Å². The maximum atomic E-state index is 12.4. The van der Waals surface area contributed by atoms with Gasteiger partial charge in [-0.3, -0.25) is 18.7 Å². The number of imidazole rings is 1. The lowest BCUT2D eigenvalue weighted by molar-refractivity contribution is -0.121. The third kappa shape index (κ3) is 4.00. The van der Waals surface area contributed by atoms with E-state index in [4.69, 9.17) is 0 Å². The molecule has 0 unspecified atom stereocenters. The number of hydrogen-bond donors (Lipinski definition) is 1. The summed E-state index contributed by atoms with van der Waals surface area (Å²) >= 11 is 1.60. The van der Waals surface area contributed by atoms with Crippen molar-refractivity contribution < 1.29 is 4.79 Å². The molecule has 1 amide bonds. The zero-order valence-corrected chi connectivity index (χ0v) is 16.4. The van der Waals surface area contributed by atoms with E-state index in [0.717, 1.165) is 15.3 Å². The van der Waals surface area contributed by atoms with Crippen LogP contribution in [-0.4, -0.2) is 36.1 Å². The van der Waals surface area contributed by atoms with Crippen LogP contribution in [0.15, 0.2) is 21.3 Å². The molecule has 0 aliphatic rings. The number of rotatable bonds is 7. The summed E-state index contributed by atoms with van der Waals surface area (Å²) in [5.74, 6) is -0.0355. The highest BCUT2D eigenvalue weighted by Gasteiger charge is 2.14. The van der Waals surface area contributed by atoms with Crippen LogP contribution in [0.2, 0.25) is 0 Å². The summed E-state index contributed by atoms with van der Waals surface area (Å²) in [5, 5.41) is 5.90. The van der Waals surface area contributed by atoms with Gasteiger partial charge in [0.15, 0.2) is 11.2 Å². The van der Waals surface area contributed by atoms with Gasteiger partial charge in [0.1, 0.15) is 0 Å². The number of thiazole rings is 1. The van der Waals surface area contributed by atoms with Crippen LogP contribution in [0.25, 0.3) is 11.2 Å². The van der Waals surface area contributed by atoms with Crippen LogP contribution < -0.4 is 16.6 Å². The first-order valence-corrected chi connectivity index (χ1v) is 9.55. The van der Waals surface area contributed by atoms with Crippen LogP contribution in [0.5, 0.6) is 0 Å². The maximum absolute atomic E-state index is 12.4. The molecule has 0 saturated carbocycles. The topological polar surface area (TPSA) is 104 Å². The number of aromatic nitrogens is 5. The lowest BCUT2D eigenvalue weighted by Crippen LogP contribution is -2.37. The molecule has 0 fully saturated rings. The second-order valence-corrected chi connectivity index (χ2v) is 7.44. The standard InChI is InChI=1S/C17H22N6O3S/c1-11-20-12(9-27-11)6-7-18-13(24)5-4-8-23-10-19-15-14(23)16(25)22(3)17(26)21(15)2/h9-10H,4-8H2,1-3H3,(H,18,24). The molecule has 9 nitrogen and oxygen atoms in total. The van der Waals surface area contributed by atoms with Crippen LogP contribution in [0.3, 0.4) is 0 Å². The molecule has 10 heteroatoms. The van der Waals surface area contributed by atoms with Crippen LogP contribution in [0, 0.1) is 6.92 Å². The Labute approximate surface area is 159 Å². The quantitative estimate of drug-likeness (QED) is 0.626. The Hall–Kier alpha value is -2.75. The molecule has 0 aliphatic heterocycles. The third-order valence-corrected chi connectivity index (χ3v) is 5.21. The normalized spacial score (nSPS) is 11.2. The molecule has 0 radical (unpaired) electrons. The van der Waals surface area contributed by atoms with Gasteiger partial charge in [-0.15, -0.1) is 11.3 Å². The van der Waals surface area contributed by atoms with Gasteiger partial charge in [0, 0.05) is 45.4 Å². The molecular weight excluding hydrogens is 368 g/mol. The van der Waals surface area contributed by atoms with Crippen LogP contribution in [0.4, 0.5) is 0 Å². The fourth-order valence-electron chi connectivity index (χ4n) is 2.92. The Bertz CT molecular complexity index is 1090. The van der Waals surface area contributed by atoms with Crippen molar-refractivity contribution in [3.8, 4) is 0 Å². The molecule has 0 saturated heterocycles. The largest absolute Gasteiger partial charge is 0.356 e. The number of nitrogens with zero attached hydrogens (tertiary/aromatic N) is 5. The van der Waals surface area contributed by atoms with Crippen molar-refractivity contribution in [2.24, 2.45) is 14.1 Å². The molecule has 0 atom stereocenters. The molecule has 3 aromatic rings. The molecule has 0 spiro atoms. The van der Waals surface area contributed by atoms with Crippen LogP contribution in [0.1, 0.15) is 23.5 Å². The van der Waals surface area contributed by atoms with Gasteiger partial charge in [-0.25, -0.2) is 14.8 Å². The molecule has 3 heterocycles. The van der Waals surface area contributed by atoms with Crippen molar-refractivity contribution >= 4 is 28.4 Å². The minimum Gasteiger partial charge on any atom is -0.356 e. The van der Waals surface area contributed by atoms with Crippen LogP contribution in [-0.2, 0) is 31.9 Å². The number of fused-ring (bicyclic) bond motifs is 1. The van der Waals surface area contributed by atoms with Gasteiger partial charge in [-0.2, -0.15) is 0 Å². The summed E-state index contributed by atoms with van der Waals surface area (Å²) in [6.45, 7) is 2.99. The Morgan fingerprint density at radius 1 is 1.26 bits per heavy atom. The molecule has 1 N–H and O–H groups in total. The summed E-state index contributed by atoms with van der Waals surface area (Å²) in [7, 11) is 3.03. The highest BCUT2D eigenvalue weighted by Crippen LogP contribution is 2.08. The van der Waals surface area contributed by atoms with Gasteiger partial charge < -0.3 is 9.88 Å². The molecule has 144 valence electrons. The predicted octanol–water partition coefficient (Wildman–Crippen LogP) is 0.338. The number of amides is 1. The second kappa shape index (κ2) is 7.87. The Kier molecular flexibility index (Phi) is 5.54. The van der Waals surface area contributed by atoms with Gasteiger partial charge in [0.25, 0.3) is 5.56 Å². The summed E-state index contributed by atoms with van der Waals surface area (Å²) in [6.07, 6.45) is 3.17. The number of nitrogens with one attached hydrogen (secondary N) is 1. The van der Waals surface area contributed by atoms with Crippen molar-refractivity contribution in [3.05, 3.63) is 43.2 Å². The van der Waals surface area contributed by atoms with E-state index in [1.165, 1.54) is 17.9 Å². The molecular formula is C17H22N6O3S. The number of carbonyl (C=O) groups excluding carboxylic acids is 1. The molecule has 3 aromatic heterocycles. The molecule has 0 aromatic carbocycles. The number of hydrogen-bond acceptors (Lipinski definition) is 6. The Morgan fingerprint density at radius 2 is 2.04 bits per heavy atom. The van der Waals surface area contributed by atoms with Gasteiger partial charge in [-0.05, 0) is 13.3 Å². The fourth-order valence-corrected chi connectivity index (χ4v) is 3.57. The average Bonchev–Trinajstić information content (AvgIpc) is 3.24. The number of aryl methyl sites for hydroxylation is 3. The van der Waals surface area contributed by atoms with Crippen molar-refractivity contribution in [2.75, 3.05) is 6.54 Å². The van der Waals surface area contributed by atoms with Crippen molar-refractivity contribution in [2.45, 2.75) is 32.7 Å². The van der Waals surface area contributed by atoms with Gasteiger partial charge >= 0.3 is 5.69 Å². The summed E-state index contributed by atoms with van der Waals surface area (Å²) in [5.41, 5.74) is 0.926. The first-order valence-electron chi connectivity index (χ1n) is 8.67. The van der Waals surface area contributed by atoms with Gasteiger partial charge in [0.2, 0.25) is 5.91 Å². The SMILES string of the molecule is Cc1nc(CCNC(=O)CCCn2cnc3c2c(=O)n(C)c(=O)n3C)cs1. The Balaban J connectivity index is 1.55. The highest BCUT2D eigenvalue weighted by molar-refractivity contribution is 7.09. The second-order valence-electron chi connectivity index (χ2n) is 6.38. The molecule has 27 heavy (non-hydrogen) atoms. The zero-order chi connectivity index (χ0) is 19.6. The highest BCUT2D eigenvalue weighted by atomic mass is 32.1. The van der Waals surface area contributed by atoms with Crippen molar-refractivity contribution in [3.63, 3.8) is 0 Å². The van der Waals surface area contributed by atoms with E-state index in [1.807, 2.05) is 12.3 Å². The van der Waals surface area contributed by atoms with Crippen molar-refractivity contribution in [1.29, 1.82) is 0 Å². The molecule has 3 rings (SSSR count). The monoisotopic (exact) mass is 390 g/mol. The predicted molar refractivity (Wildman–Crippen MR) is 103 cm³/mol. The summed E-state index contributed by atoms with van der Waals surface area (Å²) in [4.78, 5) is 44.8. The van der Waals surface area contributed by atoms with E-state index in [0.29, 0.717) is 43.5 Å². The first-order chi connectivity index (χ1) is 12.9. The van der Waals surface area contributed by atoms with E-state index in [1.54, 1.807) is 23.0 Å². The van der Waals surface area contributed by atoms with Gasteiger partial charge in [0.05, 0.1) is 17.0 Å². The minimum absolute atomic E-state index is 0.0355. The first kappa shape index (κ1) is 19.0. The average molecular weight is 390 g/mol. The zero-order valence-electron chi connectivity index (χ0n) is 15.6. The van der Waals surface area contributed by atoms with E-state index >= 15 is 0 Å².